The zero-order valence-electron chi connectivity index (χ0n) is 7.50. The molecule has 0 saturated heterocycles. The van der Waals surface area contributed by atoms with Crippen molar-refractivity contribution in [1.82, 2.24) is 4.98 Å². The standard InChI is InChI=1S/C9H13ClN2O/c1-6(13)2-3-7-4-8(10)5-12-9(7)11/h4-6,13H,2-3H2,1H3,(H2,11,12). The fourth-order valence-electron chi connectivity index (χ4n) is 1.06. The van der Waals surface area contributed by atoms with Crippen LogP contribution in [0.1, 0.15) is 18.9 Å². The number of aliphatic hydroxyl groups is 1. The number of nitrogen functional groups attached to an aromatic ring is 1. The average molecular weight is 201 g/mol. The van der Waals surface area contributed by atoms with Crippen LogP contribution in [0, 0.1) is 0 Å². The summed E-state index contributed by atoms with van der Waals surface area (Å²) >= 11 is 5.75. The Kier molecular flexibility index (Phi) is 3.51. The summed E-state index contributed by atoms with van der Waals surface area (Å²) in [4.78, 5) is 3.92. The Bertz CT molecular complexity index is 289. The molecule has 0 bridgehead atoms. The lowest BCUT2D eigenvalue weighted by molar-refractivity contribution is 0.185. The van der Waals surface area contributed by atoms with E-state index < -0.39 is 0 Å². The van der Waals surface area contributed by atoms with Gasteiger partial charge in [-0.2, -0.15) is 0 Å². The molecule has 4 heteroatoms. The second-order valence-electron chi connectivity index (χ2n) is 3.09. The molecule has 1 aromatic heterocycles. The Morgan fingerprint density at radius 1 is 1.69 bits per heavy atom. The Balaban J connectivity index is 2.70. The highest BCUT2D eigenvalue weighted by Gasteiger charge is 2.03. The number of anilines is 1. The van der Waals surface area contributed by atoms with Crippen molar-refractivity contribution in [1.29, 1.82) is 0 Å². The van der Waals surface area contributed by atoms with Gasteiger partial charge in [-0.15, -0.1) is 0 Å². The van der Waals surface area contributed by atoms with Crippen molar-refractivity contribution in [3.8, 4) is 0 Å². The molecule has 1 unspecified atom stereocenters. The molecule has 0 aliphatic heterocycles. The molecule has 3 nitrogen and oxygen atoms in total. The van der Waals surface area contributed by atoms with Crippen LogP contribution in [-0.2, 0) is 6.42 Å². The third-order valence-electron chi connectivity index (χ3n) is 1.80. The van der Waals surface area contributed by atoms with E-state index in [-0.39, 0.29) is 6.10 Å². The van der Waals surface area contributed by atoms with E-state index in [0.717, 1.165) is 5.56 Å². The first-order valence-electron chi connectivity index (χ1n) is 4.17. The van der Waals surface area contributed by atoms with Crippen molar-refractivity contribution < 1.29 is 5.11 Å². The predicted octanol–water partition coefficient (Wildman–Crippen LogP) is 1.63. The van der Waals surface area contributed by atoms with Gasteiger partial charge in [0.1, 0.15) is 5.82 Å². The number of aliphatic hydroxyl groups excluding tert-OH is 1. The van der Waals surface area contributed by atoms with Crippen LogP contribution in [0.2, 0.25) is 5.02 Å². The summed E-state index contributed by atoms with van der Waals surface area (Å²) in [5.41, 5.74) is 6.52. The third kappa shape index (κ3) is 3.20. The second-order valence-corrected chi connectivity index (χ2v) is 3.52. The van der Waals surface area contributed by atoms with E-state index in [1.165, 1.54) is 6.20 Å². The van der Waals surface area contributed by atoms with Gasteiger partial charge in [0.25, 0.3) is 0 Å². The molecular weight excluding hydrogens is 188 g/mol. The maximum atomic E-state index is 9.08. The molecule has 72 valence electrons. The minimum absolute atomic E-state index is 0.321. The van der Waals surface area contributed by atoms with E-state index >= 15 is 0 Å². The summed E-state index contributed by atoms with van der Waals surface area (Å²) in [7, 11) is 0. The number of hydrogen-bond donors (Lipinski definition) is 2. The first-order valence-corrected chi connectivity index (χ1v) is 4.55. The number of rotatable bonds is 3. The van der Waals surface area contributed by atoms with E-state index in [0.29, 0.717) is 23.7 Å². The zero-order valence-corrected chi connectivity index (χ0v) is 8.25. The fourth-order valence-corrected chi connectivity index (χ4v) is 1.24. The van der Waals surface area contributed by atoms with Gasteiger partial charge in [-0.05, 0) is 31.4 Å². The lowest BCUT2D eigenvalue weighted by Crippen LogP contribution is -2.04. The number of halogens is 1. The van der Waals surface area contributed by atoms with Crippen LogP contribution in [0.5, 0.6) is 0 Å². The number of aromatic nitrogens is 1. The molecule has 1 aromatic rings. The van der Waals surface area contributed by atoms with Crippen molar-refractivity contribution in [3.05, 3.63) is 22.8 Å². The van der Waals surface area contributed by atoms with Gasteiger partial charge in [-0.3, -0.25) is 0 Å². The number of hydrogen-bond acceptors (Lipinski definition) is 3. The predicted molar refractivity (Wildman–Crippen MR) is 53.7 cm³/mol. The van der Waals surface area contributed by atoms with Crippen LogP contribution in [0.3, 0.4) is 0 Å². The molecule has 3 N–H and O–H groups in total. The van der Waals surface area contributed by atoms with Crippen molar-refractivity contribution >= 4 is 17.4 Å². The summed E-state index contributed by atoms with van der Waals surface area (Å²) in [5, 5.41) is 9.66. The third-order valence-corrected chi connectivity index (χ3v) is 2.01. The first-order chi connectivity index (χ1) is 6.09. The highest BCUT2D eigenvalue weighted by atomic mass is 35.5. The van der Waals surface area contributed by atoms with Gasteiger partial charge >= 0.3 is 0 Å². The van der Waals surface area contributed by atoms with Gasteiger partial charge in [0, 0.05) is 6.20 Å². The quantitative estimate of drug-likeness (QED) is 0.780. The molecule has 0 radical (unpaired) electrons. The van der Waals surface area contributed by atoms with Gasteiger partial charge in [-0.25, -0.2) is 4.98 Å². The van der Waals surface area contributed by atoms with Crippen LogP contribution in [0.25, 0.3) is 0 Å². The number of nitrogens with zero attached hydrogens (tertiary/aromatic N) is 1. The van der Waals surface area contributed by atoms with Crippen molar-refractivity contribution in [2.45, 2.75) is 25.9 Å². The topological polar surface area (TPSA) is 59.1 Å². The Hall–Kier alpha value is -0.800. The van der Waals surface area contributed by atoms with Crippen LogP contribution < -0.4 is 5.73 Å². The molecule has 0 amide bonds. The molecule has 0 aliphatic carbocycles. The normalized spacial score (nSPS) is 12.8. The van der Waals surface area contributed by atoms with Gasteiger partial charge in [0.05, 0.1) is 11.1 Å². The van der Waals surface area contributed by atoms with Crippen LogP contribution in [0.15, 0.2) is 12.3 Å². The average Bonchev–Trinajstić information content (AvgIpc) is 2.06. The van der Waals surface area contributed by atoms with Gasteiger partial charge in [0.2, 0.25) is 0 Å². The molecule has 13 heavy (non-hydrogen) atoms. The highest BCUT2D eigenvalue weighted by molar-refractivity contribution is 6.30. The SMILES string of the molecule is CC(O)CCc1cc(Cl)cnc1N. The lowest BCUT2D eigenvalue weighted by atomic mass is 10.1. The molecule has 0 saturated carbocycles. The zero-order chi connectivity index (χ0) is 9.84. The smallest absolute Gasteiger partial charge is 0.126 e. The number of aryl methyl sites for hydroxylation is 1. The number of pyridine rings is 1. The van der Waals surface area contributed by atoms with Gasteiger partial charge < -0.3 is 10.8 Å². The summed E-state index contributed by atoms with van der Waals surface area (Å²) in [6.45, 7) is 1.74. The van der Waals surface area contributed by atoms with E-state index in [2.05, 4.69) is 4.98 Å². The monoisotopic (exact) mass is 200 g/mol. The molecule has 1 atom stereocenters. The first kappa shape index (κ1) is 10.3. The van der Waals surface area contributed by atoms with E-state index in [1.807, 2.05) is 0 Å². The maximum absolute atomic E-state index is 9.08. The molecule has 0 fully saturated rings. The largest absolute Gasteiger partial charge is 0.393 e. The van der Waals surface area contributed by atoms with E-state index in [9.17, 15) is 0 Å². The number of nitrogens with two attached hydrogens (primary N) is 1. The van der Waals surface area contributed by atoms with Crippen LogP contribution in [0.4, 0.5) is 5.82 Å². The lowest BCUT2D eigenvalue weighted by Gasteiger charge is -2.06. The Morgan fingerprint density at radius 3 is 3.00 bits per heavy atom. The summed E-state index contributed by atoms with van der Waals surface area (Å²) in [5.74, 6) is 0.491. The molecule has 1 heterocycles. The fraction of sp³-hybridized carbons (Fsp3) is 0.444. The summed E-state index contributed by atoms with van der Waals surface area (Å²) in [6, 6.07) is 1.78. The molecule has 0 aliphatic rings. The van der Waals surface area contributed by atoms with Gasteiger partial charge in [0.15, 0.2) is 0 Å². The van der Waals surface area contributed by atoms with E-state index in [4.69, 9.17) is 22.4 Å². The van der Waals surface area contributed by atoms with Gasteiger partial charge in [-0.1, -0.05) is 11.6 Å². The second kappa shape index (κ2) is 4.44. The minimum atomic E-state index is -0.321. The van der Waals surface area contributed by atoms with Crippen molar-refractivity contribution in [3.63, 3.8) is 0 Å². The molecule has 0 spiro atoms. The van der Waals surface area contributed by atoms with Crippen molar-refractivity contribution in [2.75, 3.05) is 5.73 Å². The molecule has 0 aromatic carbocycles. The maximum Gasteiger partial charge on any atom is 0.126 e. The Morgan fingerprint density at radius 2 is 2.38 bits per heavy atom. The van der Waals surface area contributed by atoms with Crippen LogP contribution in [-0.4, -0.2) is 16.2 Å². The highest BCUT2D eigenvalue weighted by Crippen LogP contribution is 2.16. The summed E-state index contributed by atoms with van der Waals surface area (Å²) < 4.78 is 0. The van der Waals surface area contributed by atoms with Crippen molar-refractivity contribution in [2.24, 2.45) is 0 Å². The minimum Gasteiger partial charge on any atom is -0.393 e. The molecular formula is C9H13ClN2O. The van der Waals surface area contributed by atoms with Crippen LogP contribution >= 0.6 is 11.6 Å². The molecule has 1 rings (SSSR count). The van der Waals surface area contributed by atoms with E-state index in [1.54, 1.807) is 13.0 Å². The summed E-state index contributed by atoms with van der Waals surface area (Å²) in [6.07, 6.45) is 2.57. The Labute approximate surface area is 82.5 Å².